The Hall–Kier alpha value is -3.29. The first-order valence-electron chi connectivity index (χ1n) is 9.35. The molecule has 3 aromatic rings. The van der Waals surface area contributed by atoms with Crippen LogP contribution in [0.4, 0.5) is 15.9 Å². The molecule has 0 atom stereocenters. The molecule has 0 amide bonds. The van der Waals surface area contributed by atoms with E-state index < -0.39 is 0 Å². The lowest BCUT2D eigenvalue weighted by Gasteiger charge is -2.37. The van der Waals surface area contributed by atoms with Gasteiger partial charge < -0.3 is 24.0 Å². The third-order valence-corrected chi connectivity index (χ3v) is 5.18. The molecule has 2 heterocycles. The summed E-state index contributed by atoms with van der Waals surface area (Å²) >= 11 is 0. The fourth-order valence-corrected chi connectivity index (χ4v) is 3.74. The molecule has 1 fully saturated rings. The van der Waals surface area contributed by atoms with Crippen molar-refractivity contribution in [3.8, 4) is 17.2 Å². The van der Waals surface area contributed by atoms with E-state index in [4.69, 9.17) is 14.2 Å². The number of fused-ring (bicyclic) bond motifs is 1. The zero-order valence-electron chi connectivity index (χ0n) is 16.7. The molecular weight excluding hydrogens is 375 g/mol. The predicted molar refractivity (Wildman–Crippen MR) is 110 cm³/mol. The van der Waals surface area contributed by atoms with Crippen molar-refractivity contribution in [2.45, 2.75) is 0 Å². The molecule has 4 rings (SSSR count). The van der Waals surface area contributed by atoms with Gasteiger partial charge in [-0.2, -0.15) is 0 Å². The largest absolute Gasteiger partial charge is 0.493 e. The maximum absolute atomic E-state index is 13.2. The van der Waals surface area contributed by atoms with Crippen LogP contribution >= 0.6 is 0 Å². The van der Waals surface area contributed by atoms with Gasteiger partial charge in [0.2, 0.25) is 5.75 Å². The number of nitrogens with zero attached hydrogens (tertiary/aromatic N) is 4. The van der Waals surface area contributed by atoms with E-state index in [0.29, 0.717) is 17.2 Å². The summed E-state index contributed by atoms with van der Waals surface area (Å²) in [6.07, 6.45) is 1.55. The average Bonchev–Trinajstić information content (AvgIpc) is 2.77. The van der Waals surface area contributed by atoms with Gasteiger partial charge in [0.25, 0.3) is 0 Å². The standard InChI is InChI=1S/C21H23FN4O3/c1-27-17-12-16-18(20(29-3)19(17)28-2)21(24-13-23-16)26-10-8-25(9-11-26)15-6-4-14(22)5-7-15/h4-7,12-13H,8-11H2,1-3H3. The molecule has 29 heavy (non-hydrogen) atoms. The van der Waals surface area contributed by atoms with Crippen LogP contribution in [0.25, 0.3) is 10.9 Å². The Morgan fingerprint density at radius 2 is 1.48 bits per heavy atom. The van der Waals surface area contributed by atoms with Gasteiger partial charge in [0.05, 0.1) is 32.2 Å². The number of hydrogen-bond donors (Lipinski definition) is 0. The molecule has 1 aromatic heterocycles. The smallest absolute Gasteiger partial charge is 0.204 e. The van der Waals surface area contributed by atoms with Crippen LogP contribution < -0.4 is 24.0 Å². The Kier molecular flexibility index (Phi) is 5.24. The predicted octanol–water partition coefficient (Wildman–Crippen LogP) is 3.12. The number of ether oxygens (including phenoxy) is 3. The molecule has 0 radical (unpaired) electrons. The number of aromatic nitrogens is 2. The number of hydrogen-bond acceptors (Lipinski definition) is 7. The van der Waals surface area contributed by atoms with Crippen LogP contribution in [0.5, 0.6) is 17.2 Å². The van der Waals surface area contributed by atoms with Gasteiger partial charge in [-0.25, -0.2) is 14.4 Å². The minimum absolute atomic E-state index is 0.226. The van der Waals surface area contributed by atoms with Gasteiger partial charge in [-0.15, -0.1) is 0 Å². The summed E-state index contributed by atoms with van der Waals surface area (Å²) in [5.41, 5.74) is 1.74. The van der Waals surface area contributed by atoms with E-state index in [-0.39, 0.29) is 5.82 Å². The van der Waals surface area contributed by atoms with Crippen LogP contribution in [0.1, 0.15) is 0 Å². The SMILES string of the molecule is COc1cc2ncnc(N3CCN(c4ccc(F)cc4)CC3)c2c(OC)c1OC. The molecular formula is C21H23FN4O3. The van der Waals surface area contributed by atoms with Crippen LogP contribution in [-0.4, -0.2) is 57.5 Å². The highest BCUT2D eigenvalue weighted by Gasteiger charge is 2.25. The van der Waals surface area contributed by atoms with E-state index in [2.05, 4.69) is 19.8 Å². The first-order valence-corrected chi connectivity index (χ1v) is 9.35. The maximum Gasteiger partial charge on any atom is 0.204 e. The zero-order chi connectivity index (χ0) is 20.4. The molecule has 0 saturated carbocycles. The van der Waals surface area contributed by atoms with Crippen LogP contribution in [0, 0.1) is 5.82 Å². The van der Waals surface area contributed by atoms with Gasteiger partial charge in [0.1, 0.15) is 18.0 Å². The molecule has 0 aliphatic carbocycles. The van der Waals surface area contributed by atoms with Crippen molar-refractivity contribution in [1.82, 2.24) is 9.97 Å². The molecule has 0 unspecified atom stereocenters. The highest BCUT2D eigenvalue weighted by atomic mass is 19.1. The van der Waals surface area contributed by atoms with Gasteiger partial charge in [0.15, 0.2) is 11.5 Å². The molecule has 1 aliphatic rings. The van der Waals surface area contributed by atoms with Gasteiger partial charge in [-0.3, -0.25) is 0 Å². The zero-order valence-corrected chi connectivity index (χ0v) is 16.7. The summed E-state index contributed by atoms with van der Waals surface area (Å²) in [4.78, 5) is 13.4. The Balaban J connectivity index is 1.67. The molecule has 8 heteroatoms. The first kappa shape index (κ1) is 19.0. The van der Waals surface area contributed by atoms with Gasteiger partial charge in [0, 0.05) is 37.9 Å². The monoisotopic (exact) mass is 398 g/mol. The topological polar surface area (TPSA) is 60.0 Å². The Bertz CT molecular complexity index is 1000. The number of benzene rings is 2. The lowest BCUT2D eigenvalue weighted by molar-refractivity contribution is 0.327. The van der Waals surface area contributed by atoms with Crippen LogP contribution in [-0.2, 0) is 0 Å². The van der Waals surface area contributed by atoms with E-state index in [0.717, 1.165) is 48.6 Å². The molecule has 0 N–H and O–H groups in total. The summed E-state index contributed by atoms with van der Waals surface area (Å²) in [7, 11) is 4.76. The normalized spacial score (nSPS) is 14.2. The van der Waals surface area contributed by atoms with E-state index in [1.807, 2.05) is 18.2 Å². The average molecular weight is 398 g/mol. The van der Waals surface area contributed by atoms with Crippen molar-refractivity contribution in [2.75, 3.05) is 57.3 Å². The summed E-state index contributed by atoms with van der Waals surface area (Å²) in [6.45, 7) is 3.13. The fraction of sp³-hybridized carbons (Fsp3) is 0.333. The minimum Gasteiger partial charge on any atom is -0.493 e. The Labute approximate surface area is 168 Å². The lowest BCUT2D eigenvalue weighted by atomic mass is 10.1. The Morgan fingerprint density at radius 1 is 0.828 bits per heavy atom. The second-order valence-electron chi connectivity index (χ2n) is 6.69. The van der Waals surface area contributed by atoms with E-state index >= 15 is 0 Å². The van der Waals surface area contributed by atoms with Crippen molar-refractivity contribution in [3.63, 3.8) is 0 Å². The van der Waals surface area contributed by atoms with Crippen molar-refractivity contribution in [1.29, 1.82) is 0 Å². The summed E-state index contributed by atoms with van der Waals surface area (Å²) in [6, 6.07) is 8.43. The number of piperazine rings is 1. The molecule has 2 aromatic carbocycles. The summed E-state index contributed by atoms with van der Waals surface area (Å²) < 4.78 is 29.8. The molecule has 0 spiro atoms. The number of anilines is 2. The molecule has 152 valence electrons. The van der Waals surface area contributed by atoms with Crippen molar-refractivity contribution in [3.05, 3.63) is 42.5 Å². The van der Waals surface area contributed by atoms with Crippen molar-refractivity contribution in [2.24, 2.45) is 0 Å². The minimum atomic E-state index is -0.226. The van der Waals surface area contributed by atoms with E-state index in [1.165, 1.54) is 12.1 Å². The van der Waals surface area contributed by atoms with Crippen LogP contribution in [0.15, 0.2) is 36.7 Å². The van der Waals surface area contributed by atoms with E-state index in [9.17, 15) is 4.39 Å². The highest BCUT2D eigenvalue weighted by Crippen LogP contribution is 2.45. The number of rotatable bonds is 5. The van der Waals surface area contributed by atoms with Gasteiger partial charge in [-0.1, -0.05) is 0 Å². The molecule has 1 aliphatic heterocycles. The third-order valence-electron chi connectivity index (χ3n) is 5.18. The Morgan fingerprint density at radius 3 is 2.10 bits per heavy atom. The highest BCUT2D eigenvalue weighted by molar-refractivity contribution is 5.98. The number of methoxy groups -OCH3 is 3. The maximum atomic E-state index is 13.2. The van der Waals surface area contributed by atoms with Crippen molar-refractivity contribution < 1.29 is 18.6 Å². The van der Waals surface area contributed by atoms with Gasteiger partial charge >= 0.3 is 0 Å². The first-order chi connectivity index (χ1) is 14.2. The van der Waals surface area contributed by atoms with Gasteiger partial charge in [-0.05, 0) is 24.3 Å². The third kappa shape index (κ3) is 3.46. The second-order valence-corrected chi connectivity index (χ2v) is 6.69. The summed E-state index contributed by atoms with van der Waals surface area (Å²) in [5.74, 6) is 2.20. The lowest BCUT2D eigenvalue weighted by Crippen LogP contribution is -2.47. The van der Waals surface area contributed by atoms with Crippen molar-refractivity contribution >= 4 is 22.4 Å². The fourth-order valence-electron chi connectivity index (χ4n) is 3.74. The quantitative estimate of drug-likeness (QED) is 0.654. The molecule has 0 bridgehead atoms. The molecule has 1 saturated heterocycles. The second kappa shape index (κ2) is 7.98. The van der Waals surface area contributed by atoms with E-state index in [1.54, 1.807) is 27.7 Å². The molecule has 7 nitrogen and oxygen atoms in total. The number of halogens is 1. The van der Waals surface area contributed by atoms with Crippen LogP contribution in [0.3, 0.4) is 0 Å². The summed E-state index contributed by atoms with van der Waals surface area (Å²) in [5, 5.41) is 0.794. The van der Waals surface area contributed by atoms with Crippen LogP contribution in [0.2, 0.25) is 0 Å².